The molecule has 0 unspecified atom stereocenters. The molecule has 0 N–H and O–H groups in total. The van der Waals surface area contributed by atoms with Crippen molar-refractivity contribution in [3.05, 3.63) is 47.5 Å². The number of imide groups is 1. The van der Waals surface area contributed by atoms with Crippen LogP contribution in [0.15, 0.2) is 30.9 Å². The van der Waals surface area contributed by atoms with Crippen LogP contribution in [0.25, 0.3) is 0 Å². The van der Waals surface area contributed by atoms with Crippen LogP contribution in [0.4, 0.5) is 13.2 Å². The van der Waals surface area contributed by atoms with Gasteiger partial charge in [-0.3, -0.25) is 19.3 Å². The van der Waals surface area contributed by atoms with Gasteiger partial charge in [-0.25, -0.2) is 0 Å². The van der Waals surface area contributed by atoms with Crippen LogP contribution in [-0.2, 0) is 0 Å². The van der Waals surface area contributed by atoms with Gasteiger partial charge in [-0.1, -0.05) is 19.4 Å². The molecule has 0 spiro atoms. The normalized spacial score (nSPS) is 13.8. The SMILES string of the molecule is C=CCN(CC(F)(F)F)C(=O)c1ccc2c(c1)C(=O)N(CCCC)C2=O. The second-order valence-corrected chi connectivity index (χ2v) is 5.97. The first-order valence-electron chi connectivity index (χ1n) is 8.16. The predicted molar refractivity (Wildman–Crippen MR) is 88.9 cm³/mol. The van der Waals surface area contributed by atoms with Crippen molar-refractivity contribution >= 4 is 17.7 Å². The molecule has 1 heterocycles. The molecule has 8 heteroatoms. The predicted octanol–water partition coefficient (Wildman–Crippen LogP) is 3.27. The Morgan fingerprint density at radius 2 is 1.88 bits per heavy atom. The number of halogens is 3. The minimum absolute atomic E-state index is 0.0440. The minimum atomic E-state index is -4.56. The highest BCUT2D eigenvalue weighted by atomic mass is 19.4. The van der Waals surface area contributed by atoms with Crippen LogP contribution in [0.1, 0.15) is 50.8 Å². The molecule has 0 bridgehead atoms. The molecule has 2 rings (SSSR count). The number of fused-ring (bicyclic) bond motifs is 1. The quantitative estimate of drug-likeness (QED) is 0.548. The van der Waals surface area contributed by atoms with Crippen molar-refractivity contribution in [3.63, 3.8) is 0 Å². The molecule has 0 fully saturated rings. The van der Waals surface area contributed by atoms with Crippen LogP contribution < -0.4 is 0 Å². The standard InChI is InChI=1S/C18H19F3N2O3/c1-3-5-9-23-16(25)13-7-6-12(10-14(13)17(23)26)15(24)22(8-4-2)11-18(19,20)21/h4,6-7,10H,2-3,5,8-9,11H2,1H3. The van der Waals surface area contributed by atoms with Crippen LogP contribution >= 0.6 is 0 Å². The number of carbonyl (C=O) groups excluding carboxylic acids is 3. The molecule has 0 radical (unpaired) electrons. The third-order valence-corrected chi connectivity index (χ3v) is 3.96. The van der Waals surface area contributed by atoms with Crippen LogP contribution in [0.5, 0.6) is 0 Å². The van der Waals surface area contributed by atoms with Crippen molar-refractivity contribution in [2.75, 3.05) is 19.6 Å². The van der Waals surface area contributed by atoms with Crippen molar-refractivity contribution < 1.29 is 27.6 Å². The van der Waals surface area contributed by atoms with E-state index in [1.165, 1.54) is 24.3 Å². The Balaban J connectivity index is 2.30. The maximum atomic E-state index is 12.7. The molecule has 0 aromatic heterocycles. The van der Waals surface area contributed by atoms with Gasteiger partial charge in [-0.2, -0.15) is 13.2 Å². The molecule has 1 aliphatic rings. The zero-order valence-electron chi connectivity index (χ0n) is 14.3. The lowest BCUT2D eigenvalue weighted by molar-refractivity contribution is -0.139. The largest absolute Gasteiger partial charge is 0.406 e. The summed E-state index contributed by atoms with van der Waals surface area (Å²) in [4.78, 5) is 38.8. The lowest BCUT2D eigenvalue weighted by atomic mass is 10.0. The van der Waals surface area contributed by atoms with Gasteiger partial charge in [0.2, 0.25) is 0 Å². The topological polar surface area (TPSA) is 57.7 Å². The summed E-state index contributed by atoms with van der Waals surface area (Å²) >= 11 is 0. The second-order valence-electron chi connectivity index (χ2n) is 5.97. The van der Waals surface area contributed by atoms with Crippen molar-refractivity contribution in [2.45, 2.75) is 25.9 Å². The van der Waals surface area contributed by atoms with Gasteiger partial charge in [-0.15, -0.1) is 6.58 Å². The Labute approximate surface area is 149 Å². The monoisotopic (exact) mass is 368 g/mol. The van der Waals surface area contributed by atoms with E-state index < -0.39 is 30.4 Å². The second kappa shape index (κ2) is 7.72. The first-order chi connectivity index (χ1) is 12.2. The highest BCUT2D eigenvalue weighted by Gasteiger charge is 2.37. The first-order valence-corrected chi connectivity index (χ1v) is 8.16. The Kier molecular flexibility index (Phi) is 5.84. The molecule has 5 nitrogen and oxygen atoms in total. The fourth-order valence-electron chi connectivity index (χ4n) is 2.72. The van der Waals surface area contributed by atoms with Gasteiger partial charge in [0.05, 0.1) is 11.1 Å². The number of carbonyl (C=O) groups is 3. The Bertz CT molecular complexity index is 744. The van der Waals surface area contributed by atoms with E-state index in [9.17, 15) is 27.6 Å². The molecule has 1 aromatic carbocycles. The van der Waals surface area contributed by atoms with E-state index in [0.717, 1.165) is 11.3 Å². The summed E-state index contributed by atoms with van der Waals surface area (Å²) in [7, 11) is 0. The van der Waals surface area contributed by atoms with Crippen LogP contribution in [0, 0.1) is 0 Å². The first kappa shape index (κ1) is 19.7. The van der Waals surface area contributed by atoms with E-state index in [0.29, 0.717) is 11.3 Å². The summed E-state index contributed by atoms with van der Waals surface area (Å²) in [6, 6.07) is 3.77. The average Bonchev–Trinajstić information content (AvgIpc) is 2.81. The number of nitrogens with zero attached hydrogens (tertiary/aromatic N) is 2. The van der Waals surface area contributed by atoms with Crippen LogP contribution in [0.2, 0.25) is 0 Å². The third-order valence-electron chi connectivity index (χ3n) is 3.96. The number of amides is 3. The molecular formula is C18H19F3N2O3. The molecule has 1 aliphatic heterocycles. The number of alkyl halides is 3. The number of rotatable bonds is 7. The fourth-order valence-corrected chi connectivity index (χ4v) is 2.72. The summed E-state index contributed by atoms with van der Waals surface area (Å²) < 4.78 is 38.0. The van der Waals surface area contributed by atoms with Gasteiger partial charge >= 0.3 is 6.18 Å². The number of hydrogen-bond acceptors (Lipinski definition) is 3. The summed E-state index contributed by atoms with van der Waals surface area (Å²) in [6.45, 7) is 3.83. The van der Waals surface area contributed by atoms with Crippen molar-refractivity contribution in [1.82, 2.24) is 9.80 Å². The van der Waals surface area contributed by atoms with Gasteiger partial charge in [0, 0.05) is 18.7 Å². The lowest BCUT2D eigenvalue weighted by Gasteiger charge is -2.22. The van der Waals surface area contributed by atoms with Gasteiger partial charge in [0.1, 0.15) is 6.54 Å². The average molecular weight is 368 g/mol. The highest BCUT2D eigenvalue weighted by molar-refractivity contribution is 6.22. The van der Waals surface area contributed by atoms with Gasteiger partial charge in [-0.05, 0) is 24.6 Å². The molecule has 140 valence electrons. The molecule has 0 saturated heterocycles. The molecular weight excluding hydrogens is 349 g/mol. The van der Waals surface area contributed by atoms with Crippen molar-refractivity contribution in [1.29, 1.82) is 0 Å². The van der Waals surface area contributed by atoms with Gasteiger partial charge < -0.3 is 4.90 Å². The zero-order valence-corrected chi connectivity index (χ0v) is 14.3. The molecule has 26 heavy (non-hydrogen) atoms. The minimum Gasteiger partial charge on any atom is -0.326 e. The zero-order chi connectivity index (χ0) is 19.5. The molecule has 0 saturated carbocycles. The summed E-state index contributed by atoms with van der Waals surface area (Å²) in [6.07, 6.45) is -1.92. The molecule has 0 aliphatic carbocycles. The maximum absolute atomic E-state index is 12.7. The van der Waals surface area contributed by atoms with E-state index in [4.69, 9.17) is 0 Å². The Morgan fingerprint density at radius 3 is 2.46 bits per heavy atom. The maximum Gasteiger partial charge on any atom is 0.406 e. The van der Waals surface area contributed by atoms with Crippen LogP contribution in [-0.4, -0.2) is 53.3 Å². The number of unbranched alkanes of at least 4 members (excludes halogenated alkanes) is 1. The van der Waals surface area contributed by atoms with Crippen LogP contribution in [0.3, 0.4) is 0 Å². The Morgan fingerprint density at radius 1 is 1.23 bits per heavy atom. The summed E-state index contributed by atoms with van der Waals surface area (Å²) in [5.41, 5.74) is 0.129. The van der Waals surface area contributed by atoms with Gasteiger partial charge in [0.15, 0.2) is 0 Å². The van der Waals surface area contributed by atoms with E-state index in [1.807, 2.05) is 6.92 Å². The van der Waals surface area contributed by atoms with Crippen molar-refractivity contribution in [3.8, 4) is 0 Å². The third kappa shape index (κ3) is 4.12. The summed E-state index contributed by atoms with van der Waals surface area (Å²) in [5.74, 6) is -1.85. The fraction of sp³-hybridized carbons (Fsp3) is 0.389. The van der Waals surface area contributed by atoms with Gasteiger partial charge in [0.25, 0.3) is 17.7 Å². The van der Waals surface area contributed by atoms with E-state index in [2.05, 4.69) is 6.58 Å². The molecule has 0 atom stereocenters. The number of benzene rings is 1. The highest BCUT2D eigenvalue weighted by Crippen LogP contribution is 2.25. The molecule has 3 amide bonds. The van der Waals surface area contributed by atoms with E-state index in [-0.39, 0.29) is 29.8 Å². The smallest absolute Gasteiger partial charge is 0.326 e. The van der Waals surface area contributed by atoms with E-state index in [1.54, 1.807) is 0 Å². The van der Waals surface area contributed by atoms with E-state index >= 15 is 0 Å². The Hall–Kier alpha value is -2.64. The summed E-state index contributed by atoms with van der Waals surface area (Å²) in [5, 5.41) is 0. The lowest BCUT2D eigenvalue weighted by Crippen LogP contribution is -2.39. The van der Waals surface area contributed by atoms with Crippen molar-refractivity contribution in [2.24, 2.45) is 0 Å². The number of hydrogen-bond donors (Lipinski definition) is 0. The molecule has 1 aromatic rings.